The van der Waals surface area contributed by atoms with Gasteiger partial charge in [0.1, 0.15) is 4.88 Å². The highest BCUT2D eigenvalue weighted by Crippen LogP contribution is 2.21. The van der Waals surface area contributed by atoms with Gasteiger partial charge in [-0.05, 0) is 37.5 Å². The van der Waals surface area contributed by atoms with Crippen molar-refractivity contribution in [1.29, 1.82) is 0 Å². The topological polar surface area (TPSA) is 68.0 Å². The Morgan fingerprint density at radius 2 is 2.00 bits per heavy atom. The molecule has 0 fully saturated rings. The zero-order valence-corrected chi connectivity index (χ0v) is 13.3. The highest BCUT2D eigenvalue weighted by atomic mass is 32.1. The van der Waals surface area contributed by atoms with Crippen LogP contribution in [0.2, 0.25) is 0 Å². The van der Waals surface area contributed by atoms with Crippen LogP contribution in [0.5, 0.6) is 0 Å². The average Bonchev–Trinajstić information content (AvgIpc) is 2.80. The number of unbranched alkanes of at least 4 members (excludes halogenated alkanes) is 2. The molecule has 5 heteroatoms. The third kappa shape index (κ3) is 4.29. The lowest BCUT2D eigenvalue weighted by atomic mass is 10.1. The third-order valence-corrected chi connectivity index (χ3v) is 4.29. The van der Waals surface area contributed by atoms with Crippen molar-refractivity contribution in [2.24, 2.45) is 0 Å². The van der Waals surface area contributed by atoms with E-state index in [0.717, 1.165) is 12.1 Å². The van der Waals surface area contributed by atoms with Crippen molar-refractivity contribution in [3.8, 4) is 0 Å². The van der Waals surface area contributed by atoms with Crippen LogP contribution < -0.4 is 11.1 Å². The summed E-state index contributed by atoms with van der Waals surface area (Å²) < 4.78 is 0. The van der Waals surface area contributed by atoms with Crippen molar-refractivity contribution in [3.05, 3.63) is 40.4 Å². The summed E-state index contributed by atoms with van der Waals surface area (Å²) in [6, 6.07) is 8.02. The van der Waals surface area contributed by atoms with E-state index < -0.39 is 0 Å². The summed E-state index contributed by atoms with van der Waals surface area (Å²) in [5.74, 6) is -0.152. The van der Waals surface area contributed by atoms with Gasteiger partial charge in [-0.25, -0.2) is 4.98 Å². The minimum absolute atomic E-state index is 0.152. The second kappa shape index (κ2) is 7.22. The largest absolute Gasteiger partial charge is 0.375 e. The predicted octanol–water partition coefficient (Wildman–Crippen LogP) is 4.02. The Bertz CT molecular complexity index is 604. The maximum atomic E-state index is 12.1. The van der Waals surface area contributed by atoms with Crippen molar-refractivity contribution < 1.29 is 4.79 Å². The van der Waals surface area contributed by atoms with Crippen molar-refractivity contribution >= 4 is 28.1 Å². The number of thiazole rings is 1. The molecule has 0 atom stereocenters. The summed E-state index contributed by atoms with van der Waals surface area (Å²) in [5.41, 5.74) is 8.39. The maximum Gasteiger partial charge on any atom is 0.267 e. The molecule has 0 bridgehead atoms. The highest BCUT2D eigenvalue weighted by Gasteiger charge is 2.14. The number of nitrogens with zero attached hydrogens (tertiary/aromatic N) is 1. The molecular formula is C16H21N3OS. The highest BCUT2D eigenvalue weighted by molar-refractivity contribution is 7.17. The van der Waals surface area contributed by atoms with Crippen molar-refractivity contribution in [1.82, 2.24) is 4.98 Å². The number of hydrogen-bond donors (Lipinski definition) is 2. The summed E-state index contributed by atoms with van der Waals surface area (Å²) in [5, 5.41) is 3.30. The number of anilines is 2. The van der Waals surface area contributed by atoms with Gasteiger partial charge in [-0.1, -0.05) is 43.2 Å². The minimum atomic E-state index is -0.152. The molecule has 0 aliphatic carbocycles. The molecule has 21 heavy (non-hydrogen) atoms. The first-order valence-electron chi connectivity index (χ1n) is 7.23. The molecule has 0 aliphatic rings. The lowest BCUT2D eigenvalue weighted by Crippen LogP contribution is -2.11. The number of carbonyl (C=O) groups is 1. The fourth-order valence-corrected chi connectivity index (χ4v) is 2.88. The van der Waals surface area contributed by atoms with E-state index in [0.29, 0.717) is 15.7 Å². The van der Waals surface area contributed by atoms with Gasteiger partial charge >= 0.3 is 0 Å². The van der Waals surface area contributed by atoms with Crippen LogP contribution in [0.3, 0.4) is 0 Å². The summed E-state index contributed by atoms with van der Waals surface area (Å²) in [4.78, 5) is 16.8. The van der Waals surface area contributed by atoms with Crippen molar-refractivity contribution in [2.75, 3.05) is 11.1 Å². The number of nitrogens with one attached hydrogen (secondary N) is 1. The van der Waals surface area contributed by atoms with E-state index in [1.165, 1.54) is 36.2 Å². The second-order valence-corrected chi connectivity index (χ2v) is 6.11. The normalized spacial score (nSPS) is 10.6. The molecular weight excluding hydrogens is 282 g/mol. The lowest BCUT2D eigenvalue weighted by molar-refractivity contribution is 0.103. The number of nitrogen functional groups attached to an aromatic ring is 1. The first kappa shape index (κ1) is 15.5. The van der Waals surface area contributed by atoms with E-state index in [4.69, 9.17) is 5.73 Å². The number of aromatic nitrogens is 1. The number of rotatable bonds is 6. The van der Waals surface area contributed by atoms with E-state index in [1.54, 1.807) is 6.92 Å². The van der Waals surface area contributed by atoms with E-state index >= 15 is 0 Å². The Balaban J connectivity index is 1.96. The Morgan fingerprint density at radius 1 is 1.29 bits per heavy atom. The number of benzene rings is 1. The molecule has 1 aromatic heterocycles. The van der Waals surface area contributed by atoms with Crippen LogP contribution in [0.25, 0.3) is 0 Å². The van der Waals surface area contributed by atoms with Crippen LogP contribution in [0.1, 0.15) is 47.1 Å². The maximum absolute atomic E-state index is 12.1. The van der Waals surface area contributed by atoms with Crippen LogP contribution in [0, 0.1) is 6.92 Å². The molecule has 112 valence electrons. The average molecular weight is 303 g/mol. The van der Waals surface area contributed by atoms with Crippen molar-refractivity contribution in [3.63, 3.8) is 0 Å². The molecule has 0 unspecified atom stereocenters. The summed E-state index contributed by atoms with van der Waals surface area (Å²) >= 11 is 1.21. The molecule has 0 saturated heterocycles. The molecule has 0 radical (unpaired) electrons. The fraction of sp³-hybridized carbons (Fsp3) is 0.375. The molecule has 0 saturated carbocycles. The van der Waals surface area contributed by atoms with Crippen molar-refractivity contribution in [2.45, 2.75) is 39.5 Å². The number of aryl methyl sites for hydroxylation is 2. The van der Waals surface area contributed by atoms with Gasteiger partial charge in [-0.2, -0.15) is 0 Å². The summed E-state index contributed by atoms with van der Waals surface area (Å²) in [6.07, 6.45) is 4.78. The summed E-state index contributed by atoms with van der Waals surface area (Å²) in [6.45, 7) is 3.99. The molecule has 1 heterocycles. The van der Waals surface area contributed by atoms with E-state index in [1.807, 2.05) is 12.1 Å². The monoisotopic (exact) mass is 303 g/mol. The zero-order valence-electron chi connectivity index (χ0n) is 12.5. The standard InChI is InChI=1S/C16H21N3OS/c1-3-4-5-6-12-7-9-13(10-8-12)19-15(20)14-11(2)18-16(17)21-14/h7-10H,3-6H2,1-2H3,(H2,17,18)(H,19,20). The SMILES string of the molecule is CCCCCc1ccc(NC(=O)c2sc(N)nc2C)cc1. The molecule has 0 spiro atoms. The van der Waals surface area contributed by atoms with E-state index in [2.05, 4.69) is 29.4 Å². The number of hydrogen-bond acceptors (Lipinski definition) is 4. The van der Waals surface area contributed by atoms with Gasteiger partial charge < -0.3 is 11.1 Å². The van der Waals surface area contributed by atoms with Gasteiger partial charge in [0.05, 0.1) is 5.69 Å². The number of carbonyl (C=O) groups excluding carboxylic acids is 1. The van der Waals surface area contributed by atoms with Gasteiger partial charge in [-0.3, -0.25) is 4.79 Å². The lowest BCUT2D eigenvalue weighted by Gasteiger charge is -2.06. The Hall–Kier alpha value is -1.88. The molecule has 1 aromatic carbocycles. The Kier molecular flexibility index (Phi) is 5.33. The smallest absolute Gasteiger partial charge is 0.267 e. The zero-order chi connectivity index (χ0) is 15.2. The number of nitrogens with two attached hydrogens (primary N) is 1. The Morgan fingerprint density at radius 3 is 2.57 bits per heavy atom. The quantitative estimate of drug-likeness (QED) is 0.792. The van der Waals surface area contributed by atoms with Gasteiger partial charge in [0, 0.05) is 5.69 Å². The third-order valence-electron chi connectivity index (χ3n) is 3.30. The molecule has 2 aromatic rings. The Labute approximate surface area is 129 Å². The number of amides is 1. The molecule has 0 aliphatic heterocycles. The van der Waals surface area contributed by atoms with E-state index in [-0.39, 0.29) is 5.91 Å². The van der Waals surface area contributed by atoms with Gasteiger partial charge in [0.15, 0.2) is 5.13 Å². The van der Waals surface area contributed by atoms with Gasteiger partial charge in [-0.15, -0.1) is 0 Å². The second-order valence-electron chi connectivity index (χ2n) is 5.07. The van der Waals surface area contributed by atoms with Gasteiger partial charge in [0.25, 0.3) is 5.91 Å². The summed E-state index contributed by atoms with van der Waals surface area (Å²) in [7, 11) is 0. The van der Waals surface area contributed by atoms with E-state index in [9.17, 15) is 4.79 Å². The van der Waals surface area contributed by atoms with Crippen LogP contribution >= 0.6 is 11.3 Å². The van der Waals surface area contributed by atoms with Crippen LogP contribution in [0.4, 0.5) is 10.8 Å². The molecule has 4 nitrogen and oxygen atoms in total. The molecule has 2 rings (SSSR count). The first-order valence-corrected chi connectivity index (χ1v) is 8.05. The molecule has 1 amide bonds. The minimum Gasteiger partial charge on any atom is -0.375 e. The van der Waals surface area contributed by atoms with Crippen LogP contribution in [-0.4, -0.2) is 10.9 Å². The van der Waals surface area contributed by atoms with Crippen LogP contribution in [0.15, 0.2) is 24.3 Å². The molecule has 3 N–H and O–H groups in total. The predicted molar refractivity (Wildman–Crippen MR) is 88.9 cm³/mol. The first-order chi connectivity index (χ1) is 10.1. The van der Waals surface area contributed by atoms with Gasteiger partial charge in [0.2, 0.25) is 0 Å². The fourth-order valence-electron chi connectivity index (χ4n) is 2.15. The van der Waals surface area contributed by atoms with Crippen LogP contribution in [-0.2, 0) is 6.42 Å².